The summed E-state index contributed by atoms with van der Waals surface area (Å²) in [5, 5.41) is 0.869. The number of hydrogen-bond acceptors (Lipinski definition) is 5. The third-order valence-corrected chi connectivity index (χ3v) is 5.02. The summed E-state index contributed by atoms with van der Waals surface area (Å²) < 4.78 is 0. The average Bonchev–Trinajstić information content (AvgIpc) is 2.60. The number of nitrogen functional groups attached to an aromatic ring is 2. The van der Waals surface area contributed by atoms with Gasteiger partial charge in [0, 0.05) is 35.8 Å². The van der Waals surface area contributed by atoms with Crippen LogP contribution < -0.4 is 11.5 Å². The standard InChI is InChI=1S/C20H23N5/c1-12(2)25-9-8-13-6-7-14(10-15(13)11-25)19-18-16(21)4-3-5-17(18)23-20(22)24-19/h3-7,10,12H,8-9,11,21H2,1-2H3,(H2,22,23,24). The molecule has 0 saturated heterocycles. The lowest BCUT2D eigenvalue weighted by atomic mass is 9.94. The summed E-state index contributed by atoms with van der Waals surface area (Å²) >= 11 is 0. The van der Waals surface area contributed by atoms with Crippen molar-refractivity contribution in [1.29, 1.82) is 0 Å². The topological polar surface area (TPSA) is 81.1 Å². The molecule has 0 aliphatic carbocycles. The first-order chi connectivity index (χ1) is 12.0. The first kappa shape index (κ1) is 15.8. The number of hydrogen-bond donors (Lipinski definition) is 2. The van der Waals surface area contributed by atoms with E-state index in [1.165, 1.54) is 11.1 Å². The fourth-order valence-electron chi connectivity index (χ4n) is 3.60. The highest BCUT2D eigenvalue weighted by atomic mass is 15.1. The van der Waals surface area contributed by atoms with E-state index in [4.69, 9.17) is 11.5 Å². The number of anilines is 2. The second kappa shape index (κ2) is 6.01. The number of rotatable bonds is 2. The summed E-state index contributed by atoms with van der Waals surface area (Å²) in [5.41, 5.74) is 18.2. The second-order valence-electron chi connectivity index (χ2n) is 6.97. The monoisotopic (exact) mass is 333 g/mol. The lowest BCUT2D eigenvalue weighted by molar-refractivity contribution is 0.203. The van der Waals surface area contributed by atoms with E-state index in [-0.39, 0.29) is 5.95 Å². The number of aromatic nitrogens is 2. The van der Waals surface area contributed by atoms with Crippen molar-refractivity contribution in [1.82, 2.24) is 14.9 Å². The van der Waals surface area contributed by atoms with Gasteiger partial charge >= 0.3 is 0 Å². The van der Waals surface area contributed by atoms with Crippen molar-refractivity contribution in [3.05, 3.63) is 47.5 Å². The summed E-state index contributed by atoms with van der Waals surface area (Å²) in [6.45, 7) is 6.57. The van der Waals surface area contributed by atoms with Crippen LogP contribution in [-0.2, 0) is 13.0 Å². The zero-order valence-electron chi connectivity index (χ0n) is 14.7. The molecule has 1 aliphatic heterocycles. The molecule has 128 valence electrons. The third kappa shape index (κ3) is 2.81. The van der Waals surface area contributed by atoms with Crippen molar-refractivity contribution in [3.8, 4) is 11.3 Å². The smallest absolute Gasteiger partial charge is 0.221 e. The van der Waals surface area contributed by atoms with Crippen molar-refractivity contribution in [3.63, 3.8) is 0 Å². The molecular weight excluding hydrogens is 310 g/mol. The Balaban J connectivity index is 1.86. The van der Waals surface area contributed by atoms with Gasteiger partial charge in [0.25, 0.3) is 0 Å². The van der Waals surface area contributed by atoms with Gasteiger partial charge in [-0.1, -0.05) is 18.2 Å². The van der Waals surface area contributed by atoms with Gasteiger partial charge < -0.3 is 11.5 Å². The van der Waals surface area contributed by atoms with Gasteiger partial charge in [0.2, 0.25) is 5.95 Å². The first-order valence-electron chi connectivity index (χ1n) is 8.71. The van der Waals surface area contributed by atoms with Crippen molar-refractivity contribution in [2.75, 3.05) is 18.0 Å². The molecule has 1 aromatic heterocycles. The highest BCUT2D eigenvalue weighted by Gasteiger charge is 2.20. The molecule has 4 N–H and O–H groups in total. The van der Waals surface area contributed by atoms with E-state index in [2.05, 4.69) is 46.9 Å². The minimum absolute atomic E-state index is 0.273. The maximum atomic E-state index is 6.21. The highest BCUT2D eigenvalue weighted by molar-refractivity contribution is 6.01. The quantitative estimate of drug-likeness (QED) is 0.704. The third-order valence-electron chi connectivity index (χ3n) is 5.02. The van der Waals surface area contributed by atoms with Crippen LogP contribution in [0.15, 0.2) is 36.4 Å². The van der Waals surface area contributed by atoms with Crippen LogP contribution in [0.4, 0.5) is 11.6 Å². The van der Waals surface area contributed by atoms with Crippen molar-refractivity contribution in [2.24, 2.45) is 0 Å². The minimum atomic E-state index is 0.273. The van der Waals surface area contributed by atoms with E-state index in [9.17, 15) is 0 Å². The van der Waals surface area contributed by atoms with E-state index in [0.29, 0.717) is 11.7 Å². The molecule has 0 fully saturated rings. The van der Waals surface area contributed by atoms with Crippen molar-refractivity contribution < 1.29 is 0 Å². The van der Waals surface area contributed by atoms with Gasteiger partial charge in [0.05, 0.1) is 11.2 Å². The lowest BCUT2D eigenvalue weighted by Crippen LogP contribution is -2.35. The lowest BCUT2D eigenvalue weighted by Gasteiger charge is -2.32. The largest absolute Gasteiger partial charge is 0.398 e. The molecule has 2 aromatic carbocycles. The molecule has 1 aliphatic rings. The molecule has 2 heterocycles. The SMILES string of the molecule is CC(C)N1CCc2ccc(-c3nc(N)nc4cccc(N)c34)cc2C1. The fourth-order valence-corrected chi connectivity index (χ4v) is 3.60. The minimum Gasteiger partial charge on any atom is -0.398 e. The van der Waals surface area contributed by atoms with Gasteiger partial charge in [-0.15, -0.1) is 0 Å². The Morgan fingerprint density at radius 2 is 1.88 bits per heavy atom. The summed E-state index contributed by atoms with van der Waals surface area (Å²) in [4.78, 5) is 11.3. The number of nitrogens with zero attached hydrogens (tertiary/aromatic N) is 3. The highest BCUT2D eigenvalue weighted by Crippen LogP contribution is 2.33. The van der Waals surface area contributed by atoms with Crippen LogP contribution in [0.2, 0.25) is 0 Å². The zero-order chi connectivity index (χ0) is 17.6. The van der Waals surface area contributed by atoms with Gasteiger partial charge in [0.1, 0.15) is 0 Å². The average molecular weight is 333 g/mol. The van der Waals surface area contributed by atoms with Crippen LogP contribution in [0.25, 0.3) is 22.2 Å². The molecule has 0 radical (unpaired) electrons. The Morgan fingerprint density at radius 3 is 2.68 bits per heavy atom. The van der Waals surface area contributed by atoms with Gasteiger partial charge in [-0.2, -0.15) is 0 Å². The molecule has 0 spiro atoms. The Labute approximate surface area is 147 Å². The fraction of sp³-hybridized carbons (Fsp3) is 0.300. The molecule has 0 unspecified atom stereocenters. The predicted molar refractivity (Wildman–Crippen MR) is 103 cm³/mol. The molecule has 5 nitrogen and oxygen atoms in total. The number of nitrogens with two attached hydrogens (primary N) is 2. The van der Waals surface area contributed by atoms with Crippen molar-refractivity contribution >= 4 is 22.5 Å². The van der Waals surface area contributed by atoms with Crippen LogP contribution in [0.3, 0.4) is 0 Å². The van der Waals surface area contributed by atoms with E-state index in [0.717, 1.165) is 41.7 Å². The number of benzene rings is 2. The molecule has 4 rings (SSSR count). The zero-order valence-corrected chi connectivity index (χ0v) is 14.7. The Bertz CT molecular complexity index is 948. The molecule has 0 saturated carbocycles. The van der Waals surface area contributed by atoms with Crippen molar-refractivity contribution in [2.45, 2.75) is 32.9 Å². The summed E-state index contributed by atoms with van der Waals surface area (Å²) in [6, 6.07) is 12.8. The maximum absolute atomic E-state index is 6.21. The van der Waals surface area contributed by atoms with Crippen LogP contribution in [-0.4, -0.2) is 27.5 Å². The van der Waals surface area contributed by atoms with E-state index >= 15 is 0 Å². The summed E-state index contributed by atoms with van der Waals surface area (Å²) in [6.07, 6.45) is 1.09. The Hall–Kier alpha value is -2.66. The summed E-state index contributed by atoms with van der Waals surface area (Å²) in [7, 11) is 0. The molecule has 0 amide bonds. The van der Waals surface area contributed by atoms with Crippen LogP contribution >= 0.6 is 0 Å². The molecule has 0 atom stereocenters. The van der Waals surface area contributed by atoms with Gasteiger partial charge in [-0.3, -0.25) is 4.90 Å². The van der Waals surface area contributed by atoms with E-state index in [1.54, 1.807) is 0 Å². The number of fused-ring (bicyclic) bond motifs is 2. The molecule has 5 heteroatoms. The van der Waals surface area contributed by atoms with Gasteiger partial charge in [-0.25, -0.2) is 9.97 Å². The molecule has 25 heavy (non-hydrogen) atoms. The van der Waals surface area contributed by atoms with Gasteiger partial charge in [-0.05, 0) is 49.6 Å². The summed E-state index contributed by atoms with van der Waals surface area (Å²) in [5.74, 6) is 0.273. The second-order valence-corrected chi connectivity index (χ2v) is 6.97. The van der Waals surface area contributed by atoms with Crippen LogP contribution in [0.5, 0.6) is 0 Å². The molecule has 0 bridgehead atoms. The normalized spacial score (nSPS) is 14.8. The van der Waals surface area contributed by atoms with E-state index in [1.807, 2.05) is 18.2 Å². The van der Waals surface area contributed by atoms with Crippen LogP contribution in [0.1, 0.15) is 25.0 Å². The van der Waals surface area contributed by atoms with Gasteiger partial charge in [0.15, 0.2) is 0 Å². The van der Waals surface area contributed by atoms with E-state index < -0.39 is 0 Å². The Morgan fingerprint density at radius 1 is 1.04 bits per heavy atom. The predicted octanol–water partition coefficient (Wildman–Crippen LogP) is 3.23. The van der Waals surface area contributed by atoms with Crippen LogP contribution in [0, 0.1) is 0 Å². The molecular formula is C20H23N5. The first-order valence-corrected chi connectivity index (χ1v) is 8.71. The maximum Gasteiger partial charge on any atom is 0.221 e. The molecule has 3 aromatic rings. The Kier molecular flexibility index (Phi) is 3.81.